The number of tetrazole rings is 1. The number of hydrogen-bond acceptors (Lipinski definition) is 7. The molecule has 1 atom stereocenters. The number of rotatable bonds is 4. The Hall–Kier alpha value is -1.65. The standard InChI is InChI=1S/C8H9F3N6OS/c1-4(6-12-5(2)14-18-6)19-7-13-15-16-17(7)3-8(9,10)11/h4H,3H2,1-2H3/t4-/m1/s1. The van der Waals surface area contributed by atoms with Crippen LogP contribution in [0.3, 0.4) is 0 Å². The molecule has 104 valence electrons. The van der Waals surface area contributed by atoms with Crippen molar-refractivity contribution in [3.63, 3.8) is 0 Å². The first kappa shape index (κ1) is 13.8. The van der Waals surface area contributed by atoms with Gasteiger partial charge in [0, 0.05) is 0 Å². The fourth-order valence-electron chi connectivity index (χ4n) is 1.24. The van der Waals surface area contributed by atoms with Crippen LogP contribution in [0.15, 0.2) is 9.68 Å². The summed E-state index contributed by atoms with van der Waals surface area (Å²) in [6, 6.07) is 0. The Balaban J connectivity index is 2.09. The summed E-state index contributed by atoms with van der Waals surface area (Å²) in [5.41, 5.74) is 0. The summed E-state index contributed by atoms with van der Waals surface area (Å²) in [5.74, 6) is 0.765. The average molecular weight is 294 g/mol. The van der Waals surface area contributed by atoms with Crippen LogP contribution in [0.25, 0.3) is 0 Å². The van der Waals surface area contributed by atoms with Gasteiger partial charge in [0.15, 0.2) is 5.82 Å². The van der Waals surface area contributed by atoms with Crippen LogP contribution in [0.4, 0.5) is 13.2 Å². The highest BCUT2D eigenvalue weighted by atomic mass is 32.2. The summed E-state index contributed by atoms with van der Waals surface area (Å²) in [6.45, 7) is 2.13. The molecule has 0 aliphatic carbocycles. The average Bonchev–Trinajstić information content (AvgIpc) is 2.86. The molecular formula is C8H9F3N6OS. The molecule has 0 spiro atoms. The van der Waals surface area contributed by atoms with E-state index in [-0.39, 0.29) is 10.4 Å². The van der Waals surface area contributed by atoms with E-state index in [0.717, 1.165) is 11.8 Å². The molecule has 2 rings (SSSR count). The highest BCUT2D eigenvalue weighted by Gasteiger charge is 2.31. The van der Waals surface area contributed by atoms with Gasteiger partial charge in [0.2, 0.25) is 11.0 Å². The summed E-state index contributed by atoms with van der Waals surface area (Å²) < 4.78 is 42.5. The Labute approximate surface area is 109 Å². The van der Waals surface area contributed by atoms with Crippen LogP contribution >= 0.6 is 11.8 Å². The van der Waals surface area contributed by atoms with Gasteiger partial charge in [0.1, 0.15) is 6.54 Å². The Morgan fingerprint density at radius 2 is 2.16 bits per heavy atom. The third-order valence-electron chi connectivity index (χ3n) is 2.00. The summed E-state index contributed by atoms with van der Waals surface area (Å²) >= 11 is 1.01. The molecule has 0 saturated carbocycles. The van der Waals surface area contributed by atoms with Gasteiger partial charge in [-0.2, -0.15) is 18.2 Å². The number of alkyl halides is 3. The zero-order chi connectivity index (χ0) is 14.0. The molecule has 2 aromatic heterocycles. The summed E-state index contributed by atoms with van der Waals surface area (Å²) in [6.07, 6.45) is -4.38. The quantitative estimate of drug-likeness (QED) is 0.795. The fraction of sp³-hybridized carbons (Fsp3) is 0.625. The van der Waals surface area contributed by atoms with E-state index in [2.05, 4.69) is 25.7 Å². The number of aromatic nitrogens is 6. The van der Waals surface area contributed by atoms with Gasteiger partial charge in [0.05, 0.1) is 5.25 Å². The molecule has 0 radical (unpaired) electrons. The monoisotopic (exact) mass is 294 g/mol. The van der Waals surface area contributed by atoms with Crippen molar-refractivity contribution < 1.29 is 17.7 Å². The van der Waals surface area contributed by atoms with Crippen LogP contribution in [-0.4, -0.2) is 36.5 Å². The molecule has 0 unspecified atom stereocenters. The second-order valence-electron chi connectivity index (χ2n) is 3.67. The van der Waals surface area contributed by atoms with Crippen LogP contribution < -0.4 is 0 Å². The number of aryl methyl sites for hydroxylation is 1. The smallest absolute Gasteiger partial charge is 0.338 e. The number of thioether (sulfide) groups is 1. The Morgan fingerprint density at radius 1 is 1.42 bits per heavy atom. The van der Waals surface area contributed by atoms with E-state index in [9.17, 15) is 13.2 Å². The van der Waals surface area contributed by atoms with Gasteiger partial charge in [-0.1, -0.05) is 16.9 Å². The second kappa shape index (κ2) is 5.15. The maximum atomic E-state index is 12.3. The van der Waals surface area contributed by atoms with Crippen molar-refractivity contribution in [1.29, 1.82) is 0 Å². The van der Waals surface area contributed by atoms with Crippen LogP contribution in [0.1, 0.15) is 23.9 Å². The molecule has 11 heteroatoms. The van der Waals surface area contributed by atoms with Gasteiger partial charge in [-0.05, 0) is 24.3 Å². The van der Waals surface area contributed by atoms with E-state index >= 15 is 0 Å². The van der Waals surface area contributed by atoms with Gasteiger partial charge >= 0.3 is 6.18 Å². The van der Waals surface area contributed by atoms with Crippen molar-refractivity contribution in [3.05, 3.63) is 11.7 Å². The van der Waals surface area contributed by atoms with E-state index in [1.807, 2.05) is 0 Å². The molecular weight excluding hydrogens is 285 g/mol. The molecule has 0 N–H and O–H groups in total. The van der Waals surface area contributed by atoms with Crippen LogP contribution in [0.2, 0.25) is 0 Å². The zero-order valence-corrected chi connectivity index (χ0v) is 10.7. The van der Waals surface area contributed by atoms with Crippen molar-refractivity contribution in [2.45, 2.75) is 37.0 Å². The molecule has 0 aliphatic heterocycles. The maximum Gasteiger partial charge on any atom is 0.408 e. The van der Waals surface area contributed by atoms with E-state index in [0.29, 0.717) is 16.4 Å². The lowest BCUT2D eigenvalue weighted by atomic mass is 10.5. The largest absolute Gasteiger partial charge is 0.408 e. The third-order valence-corrected chi connectivity index (χ3v) is 3.06. The number of nitrogens with zero attached hydrogens (tertiary/aromatic N) is 6. The lowest BCUT2D eigenvalue weighted by molar-refractivity contribution is -0.144. The van der Waals surface area contributed by atoms with E-state index in [1.165, 1.54) is 0 Å². The van der Waals surface area contributed by atoms with E-state index in [4.69, 9.17) is 4.52 Å². The first-order chi connectivity index (χ1) is 8.85. The SMILES string of the molecule is Cc1noc([C@@H](C)Sc2nnnn2CC(F)(F)F)n1. The fourth-order valence-corrected chi connectivity index (χ4v) is 2.06. The lowest BCUT2D eigenvalue weighted by Gasteiger charge is -2.08. The highest BCUT2D eigenvalue weighted by Crippen LogP contribution is 2.32. The topological polar surface area (TPSA) is 82.5 Å². The molecule has 0 bridgehead atoms. The van der Waals surface area contributed by atoms with Gasteiger partial charge in [-0.3, -0.25) is 0 Å². The second-order valence-corrected chi connectivity index (χ2v) is 4.98. The summed E-state index contributed by atoms with van der Waals surface area (Å²) in [5, 5.41) is 13.4. The zero-order valence-electron chi connectivity index (χ0n) is 9.92. The van der Waals surface area contributed by atoms with Gasteiger partial charge < -0.3 is 4.52 Å². The normalized spacial score (nSPS) is 13.7. The van der Waals surface area contributed by atoms with Gasteiger partial charge in [-0.25, -0.2) is 4.68 Å². The van der Waals surface area contributed by atoms with Gasteiger partial charge in [-0.15, -0.1) is 5.10 Å². The predicted molar refractivity (Wildman–Crippen MR) is 57.2 cm³/mol. The predicted octanol–water partition coefficient (Wildman–Crippen LogP) is 1.78. The Morgan fingerprint density at radius 3 is 2.74 bits per heavy atom. The van der Waals surface area contributed by atoms with Gasteiger partial charge in [0.25, 0.3) is 0 Å². The first-order valence-corrected chi connectivity index (χ1v) is 6.03. The molecule has 0 saturated heterocycles. The molecule has 19 heavy (non-hydrogen) atoms. The van der Waals surface area contributed by atoms with Crippen molar-refractivity contribution in [2.75, 3.05) is 0 Å². The maximum absolute atomic E-state index is 12.3. The highest BCUT2D eigenvalue weighted by molar-refractivity contribution is 7.99. The first-order valence-electron chi connectivity index (χ1n) is 5.15. The molecule has 0 amide bonds. The third kappa shape index (κ3) is 3.66. The van der Waals surface area contributed by atoms with Crippen molar-refractivity contribution >= 4 is 11.8 Å². The van der Waals surface area contributed by atoms with E-state index in [1.54, 1.807) is 13.8 Å². The Bertz CT molecular complexity index is 553. The Kier molecular flexibility index (Phi) is 3.73. The summed E-state index contributed by atoms with van der Waals surface area (Å²) in [4.78, 5) is 4.00. The molecule has 2 aromatic rings. The van der Waals surface area contributed by atoms with Crippen molar-refractivity contribution in [2.24, 2.45) is 0 Å². The number of halogens is 3. The minimum Gasteiger partial charge on any atom is -0.338 e. The van der Waals surface area contributed by atoms with E-state index < -0.39 is 12.7 Å². The lowest BCUT2D eigenvalue weighted by Crippen LogP contribution is -2.19. The minimum atomic E-state index is -4.38. The number of hydrogen-bond donors (Lipinski definition) is 0. The molecule has 7 nitrogen and oxygen atoms in total. The van der Waals surface area contributed by atoms with Crippen LogP contribution in [0.5, 0.6) is 0 Å². The van der Waals surface area contributed by atoms with Crippen molar-refractivity contribution in [3.8, 4) is 0 Å². The van der Waals surface area contributed by atoms with Crippen LogP contribution in [-0.2, 0) is 6.54 Å². The van der Waals surface area contributed by atoms with Crippen molar-refractivity contribution in [1.82, 2.24) is 30.3 Å². The van der Waals surface area contributed by atoms with Crippen LogP contribution in [0, 0.1) is 6.92 Å². The minimum absolute atomic E-state index is 0.0423. The molecule has 0 fully saturated rings. The molecule has 0 aliphatic rings. The molecule has 2 heterocycles. The summed E-state index contributed by atoms with van der Waals surface area (Å²) in [7, 11) is 0. The molecule has 0 aromatic carbocycles.